The molecule has 1 atom stereocenters. The van der Waals surface area contributed by atoms with Gasteiger partial charge in [-0.25, -0.2) is 22.2 Å². The highest BCUT2D eigenvalue weighted by Gasteiger charge is 2.27. The highest BCUT2D eigenvalue weighted by Crippen LogP contribution is 2.21. The Morgan fingerprint density at radius 1 is 1.52 bits per heavy atom. The van der Waals surface area contributed by atoms with Gasteiger partial charge in [-0.15, -0.1) is 5.10 Å². The zero-order valence-corrected chi connectivity index (χ0v) is 12.6. The van der Waals surface area contributed by atoms with E-state index in [1.54, 1.807) is 0 Å². The van der Waals surface area contributed by atoms with E-state index in [9.17, 15) is 13.2 Å². The Kier molecular flexibility index (Phi) is 4.59. The number of carboxylic acid groups (broad SMARTS) is 1. The summed E-state index contributed by atoms with van der Waals surface area (Å²) in [6.45, 7) is 1.37. The first kappa shape index (κ1) is 15.9. The van der Waals surface area contributed by atoms with E-state index in [-0.39, 0.29) is 18.2 Å². The largest absolute Gasteiger partial charge is 0.476 e. The fourth-order valence-electron chi connectivity index (χ4n) is 2.57. The van der Waals surface area contributed by atoms with Gasteiger partial charge >= 0.3 is 5.97 Å². The molecule has 1 aliphatic rings. The molecule has 0 spiro atoms. The third-order valence-corrected chi connectivity index (χ3v) is 4.89. The van der Waals surface area contributed by atoms with Crippen molar-refractivity contribution in [3.05, 3.63) is 11.4 Å². The van der Waals surface area contributed by atoms with Crippen LogP contribution in [0, 0.1) is 5.92 Å². The number of sulfonamides is 1. The summed E-state index contributed by atoms with van der Waals surface area (Å²) in [7, 11) is -3.21. The number of aromatic nitrogens is 3. The SMILES string of the molecule is CS(=O)(=O)N1CCCC(Cn2nnc(C(=O)O)c2CN)C1. The van der Waals surface area contributed by atoms with Crippen LogP contribution >= 0.6 is 0 Å². The first-order valence-corrected chi connectivity index (χ1v) is 8.48. The number of nitrogens with zero attached hydrogens (tertiary/aromatic N) is 4. The number of carbonyl (C=O) groups is 1. The van der Waals surface area contributed by atoms with Crippen molar-refractivity contribution < 1.29 is 18.3 Å². The summed E-state index contributed by atoms with van der Waals surface area (Å²) in [6, 6.07) is 0. The Labute approximate surface area is 122 Å². The molecule has 0 amide bonds. The average molecular weight is 317 g/mol. The van der Waals surface area contributed by atoms with E-state index < -0.39 is 16.0 Å². The van der Waals surface area contributed by atoms with Gasteiger partial charge in [0.25, 0.3) is 0 Å². The van der Waals surface area contributed by atoms with E-state index in [0.717, 1.165) is 12.8 Å². The molecular formula is C11H19N5O4S. The van der Waals surface area contributed by atoms with E-state index in [1.807, 2.05) is 0 Å². The van der Waals surface area contributed by atoms with Gasteiger partial charge in [-0.2, -0.15) is 0 Å². The van der Waals surface area contributed by atoms with E-state index >= 15 is 0 Å². The Bertz CT molecular complexity index is 627. The minimum Gasteiger partial charge on any atom is -0.476 e. The summed E-state index contributed by atoms with van der Waals surface area (Å²) in [5, 5.41) is 16.5. The molecule has 0 aliphatic carbocycles. The Hall–Kier alpha value is -1.52. The standard InChI is InChI=1S/C11H19N5O4S/c1-21(19,20)15-4-2-3-8(6-15)7-16-9(5-12)10(11(17)18)13-14-16/h8H,2-7,12H2,1H3,(H,17,18). The molecule has 2 heterocycles. The molecule has 10 heteroatoms. The van der Waals surface area contributed by atoms with Gasteiger partial charge in [0.2, 0.25) is 10.0 Å². The molecule has 0 aromatic carbocycles. The van der Waals surface area contributed by atoms with Crippen molar-refractivity contribution in [1.82, 2.24) is 19.3 Å². The number of hydrogen-bond donors (Lipinski definition) is 2. The van der Waals surface area contributed by atoms with Gasteiger partial charge in [0.15, 0.2) is 5.69 Å². The van der Waals surface area contributed by atoms with Crippen LogP contribution < -0.4 is 5.73 Å². The summed E-state index contributed by atoms with van der Waals surface area (Å²) in [6.07, 6.45) is 2.83. The predicted octanol–water partition coefficient (Wildman–Crippen LogP) is -0.893. The molecule has 9 nitrogen and oxygen atoms in total. The fourth-order valence-corrected chi connectivity index (χ4v) is 3.51. The lowest BCUT2D eigenvalue weighted by molar-refractivity contribution is 0.0689. The molecule has 1 aromatic rings. The van der Waals surface area contributed by atoms with Gasteiger partial charge in [0, 0.05) is 26.2 Å². The Morgan fingerprint density at radius 3 is 2.81 bits per heavy atom. The molecule has 21 heavy (non-hydrogen) atoms. The quantitative estimate of drug-likeness (QED) is 0.719. The first-order chi connectivity index (χ1) is 9.82. The van der Waals surface area contributed by atoms with Crippen molar-refractivity contribution in [2.75, 3.05) is 19.3 Å². The molecule has 1 saturated heterocycles. The molecule has 1 fully saturated rings. The van der Waals surface area contributed by atoms with Crippen LogP contribution in [0.25, 0.3) is 0 Å². The topological polar surface area (TPSA) is 131 Å². The molecule has 1 aromatic heterocycles. The highest BCUT2D eigenvalue weighted by atomic mass is 32.2. The van der Waals surface area contributed by atoms with Gasteiger partial charge in [-0.3, -0.25) is 0 Å². The summed E-state index contributed by atoms with van der Waals surface area (Å²) in [5.41, 5.74) is 5.78. The molecule has 118 valence electrons. The highest BCUT2D eigenvalue weighted by molar-refractivity contribution is 7.88. The van der Waals surface area contributed by atoms with Gasteiger partial charge < -0.3 is 10.8 Å². The lowest BCUT2D eigenvalue weighted by Gasteiger charge is -2.30. The van der Waals surface area contributed by atoms with Crippen LogP contribution in [0.3, 0.4) is 0 Å². The van der Waals surface area contributed by atoms with Crippen LogP contribution in [-0.2, 0) is 23.1 Å². The van der Waals surface area contributed by atoms with Crippen LogP contribution in [-0.4, -0.2) is 58.1 Å². The molecule has 2 rings (SSSR count). The lowest BCUT2D eigenvalue weighted by Crippen LogP contribution is -2.40. The van der Waals surface area contributed by atoms with Crippen molar-refractivity contribution in [1.29, 1.82) is 0 Å². The Morgan fingerprint density at radius 2 is 2.24 bits per heavy atom. The van der Waals surface area contributed by atoms with Crippen LogP contribution in [0.2, 0.25) is 0 Å². The Balaban J connectivity index is 2.13. The minimum atomic E-state index is -3.21. The summed E-state index contributed by atoms with van der Waals surface area (Å²) < 4.78 is 26.1. The molecular weight excluding hydrogens is 298 g/mol. The number of rotatable bonds is 5. The van der Waals surface area contributed by atoms with Crippen LogP contribution in [0.4, 0.5) is 0 Å². The van der Waals surface area contributed by atoms with Crippen molar-refractivity contribution in [3.8, 4) is 0 Å². The maximum absolute atomic E-state index is 11.6. The van der Waals surface area contributed by atoms with Crippen molar-refractivity contribution in [3.63, 3.8) is 0 Å². The van der Waals surface area contributed by atoms with Crippen molar-refractivity contribution in [2.45, 2.75) is 25.9 Å². The van der Waals surface area contributed by atoms with Crippen molar-refractivity contribution in [2.24, 2.45) is 11.7 Å². The van der Waals surface area contributed by atoms with Crippen molar-refractivity contribution >= 4 is 16.0 Å². The molecule has 1 aliphatic heterocycles. The monoisotopic (exact) mass is 317 g/mol. The van der Waals surface area contributed by atoms with Crippen LogP contribution in [0.1, 0.15) is 29.0 Å². The normalized spacial score (nSPS) is 20.6. The number of piperidine rings is 1. The third-order valence-electron chi connectivity index (χ3n) is 3.62. The van der Waals surface area contributed by atoms with E-state index in [4.69, 9.17) is 10.8 Å². The fraction of sp³-hybridized carbons (Fsp3) is 0.727. The van der Waals surface area contributed by atoms with E-state index in [2.05, 4.69) is 10.3 Å². The molecule has 0 bridgehead atoms. The maximum atomic E-state index is 11.6. The lowest BCUT2D eigenvalue weighted by atomic mass is 10.00. The molecule has 1 unspecified atom stereocenters. The minimum absolute atomic E-state index is 0.0249. The van der Waals surface area contributed by atoms with Crippen LogP contribution in [0.15, 0.2) is 0 Å². The number of carboxylic acids is 1. The van der Waals surface area contributed by atoms with Crippen LogP contribution in [0.5, 0.6) is 0 Å². The summed E-state index contributed by atoms with van der Waals surface area (Å²) >= 11 is 0. The summed E-state index contributed by atoms with van der Waals surface area (Å²) in [4.78, 5) is 11.0. The number of nitrogens with two attached hydrogens (primary N) is 1. The zero-order chi connectivity index (χ0) is 15.6. The molecule has 3 N–H and O–H groups in total. The van der Waals surface area contributed by atoms with E-state index in [0.29, 0.717) is 25.3 Å². The smallest absolute Gasteiger partial charge is 0.358 e. The second-order valence-corrected chi connectivity index (χ2v) is 7.19. The van der Waals surface area contributed by atoms with Gasteiger partial charge in [-0.1, -0.05) is 5.21 Å². The first-order valence-electron chi connectivity index (χ1n) is 6.63. The average Bonchev–Trinajstić information content (AvgIpc) is 2.81. The van der Waals surface area contributed by atoms with Gasteiger partial charge in [0.1, 0.15) is 0 Å². The van der Waals surface area contributed by atoms with Gasteiger partial charge in [0.05, 0.1) is 11.9 Å². The predicted molar refractivity (Wildman–Crippen MR) is 74.0 cm³/mol. The maximum Gasteiger partial charge on any atom is 0.358 e. The third kappa shape index (κ3) is 3.57. The zero-order valence-electron chi connectivity index (χ0n) is 11.8. The van der Waals surface area contributed by atoms with Gasteiger partial charge in [-0.05, 0) is 18.8 Å². The number of aromatic carboxylic acids is 1. The molecule has 0 saturated carbocycles. The molecule has 0 radical (unpaired) electrons. The second-order valence-electron chi connectivity index (χ2n) is 5.21. The van der Waals surface area contributed by atoms with E-state index in [1.165, 1.54) is 15.2 Å². The second kappa shape index (κ2) is 6.08. The number of hydrogen-bond acceptors (Lipinski definition) is 6. The summed E-state index contributed by atoms with van der Waals surface area (Å²) in [5.74, 6) is -1.09.